The first kappa shape index (κ1) is 21.3. The minimum absolute atomic E-state index is 0.0816. The lowest BCUT2D eigenvalue weighted by Gasteiger charge is -2.22. The maximum absolute atomic E-state index is 13.8. The predicted octanol–water partition coefficient (Wildman–Crippen LogP) is 0.515. The number of thioether (sulfide) groups is 1. The number of hydrogen-bond donors (Lipinski definition) is 0. The van der Waals surface area contributed by atoms with Crippen LogP contribution in [-0.2, 0) is 0 Å². The first-order chi connectivity index (χ1) is 10.8. The summed E-state index contributed by atoms with van der Waals surface area (Å²) in [6, 6.07) is 0. The first-order valence-corrected chi connectivity index (χ1v) is 6.69. The van der Waals surface area contributed by atoms with Crippen LogP contribution in [0.2, 0.25) is 0 Å². The molecule has 0 saturated heterocycles. The SMILES string of the molecule is CCSC(=O)N(CC(F)([N+](=O)[O-])[N+](=O)[O-])CC(F)([N+](=O)[O-])[N+](=O)[O-]. The van der Waals surface area contributed by atoms with Crippen molar-refractivity contribution in [3.63, 3.8) is 0 Å². The van der Waals surface area contributed by atoms with Crippen molar-refractivity contribution in [3.8, 4) is 0 Å². The van der Waals surface area contributed by atoms with Crippen molar-refractivity contribution in [2.24, 2.45) is 0 Å². The summed E-state index contributed by atoms with van der Waals surface area (Å²) >= 11 is 0.231. The topological polar surface area (TPSA) is 193 Å². The van der Waals surface area contributed by atoms with Gasteiger partial charge in [-0.25, -0.2) is 0 Å². The van der Waals surface area contributed by atoms with Gasteiger partial charge in [-0.1, -0.05) is 27.5 Å². The molecule has 1 amide bonds. The van der Waals surface area contributed by atoms with Gasteiger partial charge in [0.1, 0.15) is 19.7 Å². The van der Waals surface area contributed by atoms with Gasteiger partial charge in [0.2, 0.25) is 13.1 Å². The third-order valence-electron chi connectivity index (χ3n) is 2.43. The van der Waals surface area contributed by atoms with Gasteiger partial charge >= 0.3 is 11.8 Å². The molecule has 0 radical (unpaired) electrons. The summed E-state index contributed by atoms with van der Waals surface area (Å²) in [6.45, 7) is -2.79. The molecule has 17 heteroatoms. The van der Waals surface area contributed by atoms with Gasteiger partial charge in [0.25, 0.3) is 5.24 Å². The van der Waals surface area contributed by atoms with Gasteiger partial charge in [-0.05, 0) is 5.75 Å². The largest absolute Gasteiger partial charge is 0.631 e. The van der Waals surface area contributed by atoms with Crippen LogP contribution in [0.15, 0.2) is 0 Å². The quantitative estimate of drug-likeness (QED) is 0.236. The van der Waals surface area contributed by atoms with Crippen molar-refractivity contribution in [3.05, 3.63) is 40.5 Å². The lowest BCUT2D eigenvalue weighted by Crippen LogP contribution is -2.58. The van der Waals surface area contributed by atoms with Crippen LogP contribution in [0.4, 0.5) is 13.6 Å². The molecule has 136 valence electrons. The van der Waals surface area contributed by atoms with Gasteiger partial charge < -0.3 is 0 Å². The Balaban J connectivity index is 5.83. The van der Waals surface area contributed by atoms with Crippen molar-refractivity contribution in [2.75, 3.05) is 18.8 Å². The van der Waals surface area contributed by atoms with Crippen LogP contribution >= 0.6 is 11.8 Å². The van der Waals surface area contributed by atoms with E-state index in [9.17, 15) is 54.0 Å². The molecule has 0 aromatic heterocycles. The highest BCUT2D eigenvalue weighted by Crippen LogP contribution is 2.23. The van der Waals surface area contributed by atoms with Gasteiger partial charge in [-0.3, -0.25) is 50.2 Å². The number of nitrogens with zero attached hydrogens (tertiary/aromatic N) is 5. The van der Waals surface area contributed by atoms with Crippen molar-refractivity contribution in [1.29, 1.82) is 0 Å². The van der Waals surface area contributed by atoms with Crippen molar-refractivity contribution >= 4 is 17.0 Å². The molecular formula is C7H9F2N5O9S. The molecule has 0 heterocycles. The molecule has 0 fully saturated rings. The molecule has 0 rings (SSSR count). The van der Waals surface area contributed by atoms with Crippen LogP contribution in [0.3, 0.4) is 0 Å². The Morgan fingerprint density at radius 2 is 1.21 bits per heavy atom. The second kappa shape index (κ2) is 7.70. The Morgan fingerprint density at radius 3 is 1.42 bits per heavy atom. The number of hydrogen-bond acceptors (Lipinski definition) is 10. The van der Waals surface area contributed by atoms with Crippen molar-refractivity contribution in [1.82, 2.24) is 4.90 Å². The van der Waals surface area contributed by atoms with Gasteiger partial charge in [-0.15, -0.1) is 0 Å². The normalized spacial score (nSPS) is 11.6. The third kappa shape index (κ3) is 4.40. The lowest BCUT2D eigenvalue weighted by molar-refractivity contribution is -0.836. The second-order valence-corrected chi connectivity index (χ2v) is 5.24. The second-order valence-electron chi connectivity index (χ2n) is 4.02. The van der Waals surface area contributed by atoms with E-state index in [-0.39, 0.29) is 22.4 Å². The van der Waals surface area contributed by atoms with E-state index in [2.05, 4.69) is 0 Å². The number of rotatable bonds is 9. The molecule has 0 atom stereocenters. The highest BCUT2D eigenvalue weighted by Gasteiger charge is 2.65. The maximum Gasteiger partial charge on any atom is 0.631 e. The molecule has 14 nitrogen and oxygen atoms in total. The molecule has 0 aromatic rings. The molecule has 0 aliphatic heterocycles. The zero-order chi connectivity index (χ0) is 19.3. The maximum atomic E-state index is 13.8. The van der Waals surface area contributed by atoms with Gasteiger partial charge in [0, 0.05) is 0 Å². The summed E-state index contributed by atoms with van der Waals surface area (Å²) < 4.78 is 27.6. The van der Waals surface area contributed by atoms with E-state index in [0.717, 1.165) is 0 Å². The summed E-state index contributed by atoms with van der Waals surface area (Å²) in [5, 5.41) is 40.5. The van der Waals surface area contributed by atoms with E-state index in [1.165, 1.54) is 6.92 Å². The lowest BCUT2D eigenvalue weighted by atomic mass is 10.3. The molecular weight excluding hydrogens is 368 g/mol. The number of halogens is 2. The monoisotopic (exact) mass is 377 g/mol. The summed E-state index contributed by atoms with van der Waals surface area (Å²) in [6.07, 6.45) is 0. The van der Waals surface area contributed by atoms with Crippen LogP contribution in [-0.4, -0.2) is 60.5 Å². The number of nitro groups is 4. The molecule has 0 saturated carbocycles. The van der Waals surface area contributed by atoms with Crippen LogP contribution in [0.5, 0.6) is 0 Å². The minimum Gasteiger partial charge on any atom is -0.299 e. The molecule has 0 aliphatic carbocycles. The van der Waals surface area contributed by atoms with Crippen molar-refractivity contribution in [2.45, 2.75) is 18.8 Å². The minimum atomic E-state index is -4.53. The van der Waals surface area contributed by atoms with Crippen LogP contribution in [0, 0.1) is 40.5 Å². The Labute approximate surface area is 134 Å². The fraction of sp³-hybridized carbons (Fsp3) is 0.857. The molecule has 0 bridgehead atoms. The molecule has 0 aliphatic rings. The fourth-order valence-electron chi connectivity index (χ4n) is 1.25. The zero-order valence-electron chi connectivity index (χ0n) is 11.7. The first-order valence-electron chi connectivity index (χ1n) is 5.70. The molecule has 0 unspecified atom stereocenters. The fourth-order valence-corrected chi connectivity index (χ4v) is 1.81. The average Bonchev–Trinajstić information content (AvgIpc) is 2.45. The van der Waals surface area contributed by atoms with Crippen LogP contribution in [0.1, 0.15) is 6.92 Å². The zero-order valence-corrected chi connectivity index (χ0v) is 12.5. The van der Waals surface area contributed by atoms with Gasteiger partial charge in [-0.2, -0.15) is 0 Å². The van der Waals surface area contributed by atoms with Gasteiger partial charge in [0.05, 0.1) is 0 Å². The Bertz CT molecular complexity index is 506. The smallest absolute Gasteiger partial charge is 0.299 e. The molecule has 0 N–H and O–H groups in total. The molecule has 24 heavy (non-hydrogen) atoms. The predicted molar refractivity (Wildman–Crippen MR) is 70.8 cm³/mol. The Morgan fingerprint density at radius 1 is 0.917 bits per heavy atom. The summed E-state index contributed by atoms with van der Waals surface area (Å²) in [7, 11) is 0. The molecule has 0 spiro atoms. The third-order valence-corrected chi connectivity index (χ3v) is 3.22. The van der Waals surface area contributed by atoms with E-state index in [1.54, 1.807) is 0 Å². The van der Waals surface area contributed by atoms with E-state index < -0.39 is 49.9 Å². The Kier molecular flexibility index (Phi) is 6.83. The van der Waals surface area contributed by atoms with E-state index in [0.29, 0.717) is 0 Å². The summed E-state index contributed by atoms with van der Waals surface area (Å²) in [4.78, 5) is 45.1. The van der Waals surface area contributed by atoms with Crippen LogP contribution in [0.25, 0.3) is 0 Å². The highest BCUT2D eigenvalue weighted by molar-refractivity contribution is 8.13. The van der Waals surface area contributed by atoms with Crippen molar-refractivity contribution < 1.29 is 33.3 Å². The van der Waals surface area contributed by atoms with E-state index in [1.807, 2.05) is 0 Å². The number of carbonyl (C=O) groups is 1. The van der Waals surface area contributed by atoms with Gasteiger partial charge in [0.15, 0.2) is 0 Å². The standard InChI is InChI=1S/C7H9F2N5O9S/c1-2-24-5(15)10(3-6(8,11(16)17)12(18)19)4-7(9,13(20)21)14(22)23/h2-4H2,1H3. The number of alkyl halides is 2. The van der Waals surface area contributed by atoms with E-state index >= 15 is 0 Å². The summed E-state index contributed by atoms with van der Waals surface area (Å²) in [5.74, 6) is -9.14. The average molecular weight is 377 g/mol. The Hall–Kier alpha value is -2.72. The number of carbonyl (C=O) groups excluding carboxylic acids is 1. The van der Waals surface area contributed by atoms with E-state index in [4.69, 9.17) is 0 Å². The number of amides is 1. The van der Waals surface area contributed by atoms with Crippen LogP contribution < -0.4 is 0 Å². The summed E-state index contributed by atoms with van der Waals surface area (Å²) in [5.41, 5.74) is 0. The molecule has 0 aromatic carbocycles. The highest BCUT2D eigenvalue weighted by atomic mass is 32.2.